The zero-order chi connectivity index (χ0) is 16.7. The van der Waals surface area contributed by atoms with Crippen LogP contribution in [0.1, 0.15) is 0 Å². The fraction of sp³-hybridized carbons (Fsp3) is 0.333. The van der Waals surface area contributed by atoms with Gasteiger partial charge in [0.25, 0.3) is 11.3 Å². The van der Waals surface area contributed by atoms with Crippen molar-refractivity contribution in [2.45, 2.75) is 0 Å². The number of carboxylic acids is 4. The van der Waals surface area contributed by atoms with Gasteiger partial charge in [-0.05, 0) is 0 Å². The van der Waals surface area contributed by atoms with Gasteiger partial charge in [0.2, 0.25) is 5.41 Å². The lowest BCUT2D eigenvalue weighted by atomic mass is 9.64. The minimum absolute atomic E-state index is 0.454. The van der Waals surface area contributed by atoms with Crippen LogP contribution in [0.2, 0.25) is 0 Å². The molecule has 0 saturated carbocycles. The first kappa shape index (κ1) is 15.9. The maximum absolute atomic E-state index is 11.8. The van der Waals surface area contributed by atoms with Gasteiger partial charge in [0.05, 0.1) is 6.54 Å². The molecule has 1 saturated heterocycles. The predicted octanol–water partition coefficient (Wildman–Crippen LogP) is -2.18. The Morgan fingerprint density at radius 2 is 1.19 bits per heavy atom. The van der Waals surface area contributed by atoms with Gasteiger partial charge >= 0.3 is 30.0 Å². The van der Waals surface area contributed by atoms with Crippen molar-refractivity contribution in [3.05, 3.63) is 0 Å². The van der Waals surface area contributed by atoms with Gasteiger partial charge < -0.3 is 25.5 Å². The number of likely N-dealkylation sites (tertiary alicyclic amines) is 1. The summed E-state index contributed by atoms with van der Waals surface area (Å²) in [4.78, 5) is 67.1. The highest BCUT2D eigenvalue weighted by Gasteiger charge is 2.82. The van der Waals surface area contributed by atoms with Gasteiger partial charge in [-0.2, -0.15) is 0 Å². The lowest BCUT2D eigenvalue weighted by molar-refractivity contribution is -0.191. The average molecular weight is 305 g/mol. The first-order valence-electron chi connectivity index (χ1n) is 4.96. The molecule has 12 heteroatoms. The van der Waals surface area contributed by atoms with Gasteiger partial charge in [-0.3, -0.25) is 24.0 Å². The van der Waals surface area contributed by atoms with Gasteiger partial charge in [-0.25, -0.2) is 9.69 Å². The van der Waals surface area contributed by atoms with Crippen LogP contribution in [0.25, 0.3) is 0 Å². The summed E-state index contributed by atoms with van der Waals surface area (Å²) >= 11 is 0. The topological polar surface area (TPSA) is 207 Å². The molecule has 0 aromatic heterocycles. The molecular weight excluding hydrogens is 298 g/mol. The molecule has 1 aliphatic heterocycles. The van der Waals surface area contributed by atoms with Gasteiger partial charge in [0, 0.05) is 0 Å². The summed E-state index contributed by atoms with van der Waals surface area (Å²) in [6.07, 6.45) is -2.17. The van der Waals surface area contributed by atoms with Crippen LogP contribution in [-0.2, 0) is 24.0 Å². The normalized spacial score (nSPS) is 19.0. The Hall–Kier alpha value is -3.18. The number of amides is 2. The third-order valence-electron chi connectivity index (χ3n) is 3.20. The number of aliphatic carboxylic acids is 4. The maximum Gasteiger partial charge on any atom is 0.414 e. The smallest absolute Gasteiger partial charge is 0.414 e. The molecule has 12 nitrogen and oxygen atoms in total. The molecule has 114 valence electrons. The van der Waals surface area contributed by atoms with Crippen molar-refractivity contribution >= 4 is 35.9 Å². The average Bonchev–Trinajstić information content (AvgIpc) is 2.60. The number of carboxylic acid groups (broad SMARTS) is 5. The Balaban J connectivity index is 3.90. The lowest BCUT2D eigenvalue weighted by Crippen LogP contribution is -2.62. The van der Waals surface area contributed by atoms with Crippen molar-refractivity contribution in [2.24, 2.45) is 10.8 Å². The van der Waals surface area contributed by atoms with E-state index in [1.54, 1.807) is 0 Å². The predicted molar refractivity (Wildman–Crippen MR) is 55.1 cm³/mol. The molecule has 5 N–H and O–H groups in total. The highest BCUT2D eigenvalue weighted by molar-refractivity contribution is 6.30. The van der Waals surface area contributed by atoms with Crippen LogP contribution in [0.3, 0.4) is 0 Å². The molecule has 21 heavy (non-hydrogen) atoms. The standard InChI is InChI=1S/C9H7NO11/c11-2-9(5(16)17,6(18)19)8(3(12)13,4(14)15)1-10(2)7(20)21/h1H2,(H,12,13)(H,14,15)(H,16,17)(H,18,19)(H,20,21). The summed E-state index contributed by atoms with van der Waals surface area (Å²) < 4.78 is 0. The molecule has 0 aromatic carbocycles. The van der Waals surface area contributed by atoms with Crippen molar-refractivity contribution < 1.29 is 54.3 Å². The Morgan fingerprint density at radius 3 is 1.38 bits per heavy atom. The zero-order valence-electron chi connectivity index (χ0n) is 9.84. The first-order chi connectivity index (χ1) is 9.47. The van der Waals surface area contributed by atoms with Gasteiger partial charge in [0.1, 0.15) is 0 Å². The lowest BCUT2D eigenvalue weighted by Gasteiger charge is -2.29. The quantitative estimate of drug-likeness (QED) is 0.352. The summed E-state index contributed by atoms with van der Waals surface area (Å²) in [6, 6.07) is 0. The Bertz CT molecular complexity index is 563. The van der Waals surface area contributed by atoms with Crippen LogP contribution in [0, 0.1) is 10.8 Å². The Kier molecular flexibility index (Phi) is 3.35. The van der Waals surface area contributed by atoms with Crippen LogP contribution in [0.5, 0.6) is 0 Å². The highest BCUT2D eigenvalue weighted by atomic mass is 16.4. The van der Waals surface area contributed by atoms with Crippen molar-refractivity contribution in [1.82, 2.24) is 4.90 Å². The number of nitrogens with zero attached hydrogens (tertiary/aromatic N) is 1. The van der Waals surface area contributed by atoms with E-state index in [1.165, 1.54) is 0 Å². The minimum Gasteiger partial charge on any atom is -0.480 e. The molecule has 1 fully saturated rings. The van der Waals surface area contributed by atoms with E-state index in [0.717, 1.165) is 0 Å². The fourth-order valence-corrected chi connectivity index (χ4v) is 2.15. The Labute approximate surface area is 113 Å². The molecule has 1 heterocycles. The highest BCUT2D eigenvalue weighted by Crippen LogP contribution is 2.49. The molecule has 0 atom stereocenters. The van der Waals surface area contributed by atoms with Gasteiger partial charge in [0.15, 0.2) is 0 Å². The zero-order valence-corrected chi connectivity index (χ0v) is 9.84. The largest absolute Gasteiger partial charge is 0.480 e. The van der Waals surface area contributed by atoms with E-state index in [4.69, 9.17) is 25.5 Å². The maximum atomic E-state index is 11.8. The van der Waals surface area contributed by atoms with E-state index < -0.39 is 58.2 Å². The minimum atomic E-state index is -4.00. The number of rotatable bonds is 4. The van der Waals surface area contributed by atoms with Crippen molar-refractivity contribution in [3.8, 4) is 0 Å². The number of hydrogen-bond donors (Lipinski definition) is 5. The molecule has 0 spiro atoms. The molecule has 0 bridgehead atoms. The molecule has 2 amide bonds. The number of carbonyl (C=O) groups excluding carboxylic acids is 1. The molecular formula is C9H7NO11. The second-order valence-corrected chi connectivity index (χ2v) is 4.05. The van der Waals surface area contributed by atoms with Crippen molar-refractivity contribution in [3.63, 3.8) is 0 Å². The SMILES string of the molecule is O=C(O)N1CC(C(=O)O)(C(=O)O)C(C(=O)O)(C(=O)O)C1=O. The number of imide groups is 1. The van der Waals surface area contributed by atoms with E-state index in [0.29, 0.717) is 0 Å². The third kappa shape index (κ3) is 1.55. The fourth-order valence-electron chi connectivity index (χ4n) is 2.15. The first-order valence-corrected chi connectivity index (χ1v) is 4.96. The second-order valence-electron chi connectivity index (χ2n) is 4.05. The molecule has 1 aliphatic rings. The monoisotopic (exact) mass is 305 g/mol. The van der Waals surface area contributed by atoms with E-state index >= 15 is 0 Å². The van der Waals surface area contributed by atoms with E-state index in [2.05, 4.69) is 0 Å². The van der Waals surface area contributed by atoms with Crippen LogP contribution < -0.4 is 0 Å². The van der Waals surface area contributed by atoms with Crippen LogP contribution in [0.4, 0.5) is 4.79 Å². The molecule has 0 radical (unpaired) electrons. The van der Waals surface area contributed by atoms with Gasteiger partial charge in [-0.15, -0.1) is 0 Å². The molecule has 0 aromatic rings. The second kappa shape index (κ2) is 4.43. The van der Waals surface area contributed by atoms with Crippen molar-refractivity contribution in [1.29, 1.82) is 0 Å². The van der Waals surface area contributed by atoms with Crippen LogP contribution in [0.15, 0.2) is 0 Å². The number of carbonyl (C=O) groups is 6. The molecule has 1 rings (SSSR count). The summed E-state index contributed by atoms with van der Waals surface area (Å²) in [5, 5.41) is 44.7. The molecule has 0 aliphatic carbocycles. The van der Waals surface area contributed by atoms with Gasteiger partial charge in [-0.1, -0.05) is 0 Å². The third-order valence-corrected chi connectivity index (χ3v) is 3.20. The van der Waals surface area contributed by atoms with E-state index in [-0.39, 0.29) is 0 Å². The van der Waals surface area contributed by atoms with Crippen molar-refractivity contribution in [2.75, 3.05) is 6.54 Å². The van der Waals surface area contributed by atoms with Crippen LogP contribution in [-0.4, -0.2) is 72.9 Å². The van der Waals surface area contributed by atoms with E-state index in [1.807, 2.05) is 0 Å². The number of hydrogen-bond acceptors (Lipinski definition) is 6. The summed E-state index contributed by atoms with van der Waals surface area (Å²) in [5.74, 6) is -12.3. The van der Waals surface area contributed by atoms with E-state index in [9.17, 15) is 28.8 Å². The Morgan fingerprint density at radius 1 is 0.810 bits per heavy atom. The van der Waals surface area contributed by atoms with Crippen LogP contribution >= 0.6 is 0 Å². The molecule has 0 unspecified atom stereocenters. The summed E-state index contributed by atoms with van der Waals surface area (Å²) in [6.45, 7) is -1.65. The summed E-state index contributed by atoms with van der Waals surface area (Å²) in [7, 11) is 0. The summed E-state index contributed by atoms with van der Waals surface area (Å²) in [5.41, 5.74) is -7.69.